The van der Waals surface area contributed by atoms with Crippen LogP contribution in [0.1, 0.15) is 16.7 Å². The zero-order chi connectivity index (χ0) is 22.7. The standard InChI is InChI=1S/C30H21NO2S/c32-29-30(19-33-27-16-21-14-15-34-28(21)17-25(27)30)24-12-6-7-13-26(24)31(29)18-22-10-4-5-11-23(22)20-8-2-1-3-9-20/h1-17H,18-19H2. The van der Waals surface area contributed by atoms with Crippen LogP contribution in [0.15, 0.2) is 102 Å². The summed E-state index contributed by atoms with van der Waals surface area (Å²) < 4.78 is 7.37. The van der Waals surface area contributed by atoms with Gasteiger partial charge in [0.25, 0.3) is 0 Å². The highest BCUT2D eigenvalue weighted by Gasteiger charge is 2.56. The van der Waals surface area contributed by atoms with Gasteiger partial charge in [-0.1, -0.05) is 72.8 Å². The van der Waals surface area contributed by atoms with E-state index in [1.165, 1.54) is 4.70 Å². The zero-order valence-electron chi connectivity index (χ0n) is 18.4. The highest BCUT2D eigenvalue weighted by molar-refractivity contribution is 7.17. The van der Waals surface area contributed by atoms with E-state index in [2.05, 4.69) is 78.2 Å². The minimum Gasteiger partial charge on any atom is -0.491 e. The summed E-state index contributed by atoms with van der Waals surface area (Å²) in [6.07, 6.45) is 0. The molecular weight excluding hydrogens is 438 g/mol. The van der Waals surface area contributed by atoms with Gasteiger partial charge in [0.05, 0.1) is 6.54 Å². The quantitative estimate of drug-likeness (QED) is 0.297. The van der Waals surface area contributed by atoms with Gasteiger partial charge < -0.3 is 9.64 Å². The molecule has 1 spiro atoms. The van der Waals surface area contributed by atoms with E-state index in [1.54, 1.807) is 11.3 Å². The van der Waals surface area contributed by atoms with Crippen molar-refractivity contribution in [3.63, 3.8) is 0 Å². The molecule has 4 aromatic carbocycles. The minimum absolute atomic E-state index is 0.0891. The first-order valence-corrected chi connectivity index (χ1v) is 12.3. The van der Waals surface area contributed by atoms with E-state index in [1.807, 2.05) is 29.2 Å². The Labute approximate surface area is 201 Å². The van der Waals surface area contributed by atoms with E-state index in [4.69, 9.17) is 4.74 Å². The number of para-hydroxylation sites is 1. The third-order valence-electron chi connectivity index (χ3n) is 7.15. The predicted molar refractivity (Wildman–Crippen MR) is 138 cm³/mol. The molecule has 3 nitrogen and oxygen atoms in total. The molecule has 34 heavy (non-hydrogen) atoms. The van der Waals surface area contributed by atoms with Crippen LogP contribution in [0.3, 0.4) is 0 Å². The highest BCUT2D eigenvalue weighted by atomic mass is 32.1. The number of hydrogen-bond donors (Lipinski definition) is 0. The fourth-order valence-corrected chi connectivity index (χ4v) is 6.33. The van der Waals surface area contributed by atoms with E-state index in [0.717, 1.165) is 44.6 Å². The Morgan fingerprint density at radius 2 is 1.65 bits per heavy atom. The van der Waals surface area contributed by atoms with Crippen molar-refractivity contribution in [2.75, 3.05) is 11.5 Å². The third-order valence-corrected chi connectivity index (χ3v) is 8.03. The first-order chi connectivity index (χ1) is 16.8. The summed E-state index contributed by atoms with van der Waals surface area (Å²) >= 11 is 1.70. The molecule has 2 aliphatic rings. The second kappa shape index (κ2) is 7.31. The highest BCUT2D eigenvalue weighted by Crippen LogP contribution is 2.53. The fraction of sp³-hybridized carbons (Fsp3) is 0.100. The first kappa shape index (κ1) is 19.6. The van der Waals surface area contributed by atoms with E-state index >= 15 is 0 Å². The molecule has 0 radical (unpaired) electrons. The molecule has 3 heterocycles. The average molecular weight is 460 g/mol. The summed E-state index contributed by atoms with van der Waals surface area (Å²) in [4.78, 5) is 16.3. The minimum atomic E-state index is -0.800. The number of amides is 1. The number of ether oxygens (including phenoxy) is 1. The van der Waals surface area contributed by atoms with E-state index in [9.17, 15) is 4.79 Å². The number of anilines is 1. The Bertz CT molecular complexity index is 1570. The van der Waals surface area contributed by atoms with Crippen LogP contribution >= 0.6 is 11.3 Å². The second-order valence-corrected chi connectivity index (χ2v) is 9.88. The topological polar surface area (TPSA) is 29.5 Å². The Hall–Kier alpha value is -3.89. The molecule has 2 aliphatic heterocycles. The summed E-state index contributed by atoms with van der Waals surface area (Å²) in [5.74, 6) is 0.909. The number of carbonyl (C=O) groups excluding carboxylic acids is 1. The smallest absolute Gasteiger partial charge is 0.246 e. The Morgan fingerprint density at radius 1 is 0.853 bits per heavy atom. The lowest BCUT2D eigenvalue weighted by Crippen LogP contribution is -2.42. The van der Waals surface area contributed by atoms with Crippen molar-refractivity contribution in [3.05, 3.63) is 119 Å². The molecule has 0 bridgehead atoms. The van der Waals surface area contributed by atoms with Gasteiger partial charge in [0.15, 0.2) is 0 Å². The van der Waals surface area contributed by atoms with E-state index in [0.29, 0.717) is 13.2 Å². The largest absolute Gasteiger partial charge is 0.491 e. The molecule has 0 fully saturated rings. The maximum absolute atomic E-state index is 14.3. The van der Waals surface area contributed by atoms with Crippen LogP contribution in [0.2, 0.25) is 0 Å². The molecule has 0 N–H and O–H groups in total. The van der Waals surface area contributed by atoms with E-state index < -0.39 is 5.41 Å². The molecule has 1 aromatic heterocycles. The van der Waals surface area contributed by atoms with Crippen molar-refractivity contribution >= 4 is 33.0 Å². The van der Waals surface area contributed by atoms with Gasteiger partial charge in [-0.2, -0.15) is 0 Å². The molecule has 7 rings (SSSR count). The van der Waals surface area contributed by atoms with Gasteiger partial charge in [-0.15, -0.1) is 11.3 Å². The molecule has 5 aromatic rings. The summed E-state index contributed by atoms with van der Waals surface area (Å²) in [6.45, 7) is 0.853. The molecule has 1 atom stereocenters. The van der Waals surface area contributed by atoms with Crippen molar-refractivity contribution in [1.82, 2.24) is 0 Å². The van der Waals surface area contributed by atoms with Crippen molar-refractivity contribution in [3.8, 4) is 16.9 Å². The Morgan fingerprint density at radius 3 is 2.56 bits per heavy atom. The van der Waals surface area contributed by atoms with Crippen molar-refractivity contribution in [2.45, 2.75) is 12.0 Å². The van der Waals surface area contributed by atoms with Gasteiger partial charge in [-0.3, -0.25) is 4.79 Å². The van der Waals surface area contributed by atoms with Crippen LogP contribution in [0, 0.1) is 0 Å². The number of fused-ring (bicyclic) bond motifs is 5. The number of carbonyl (C=O) groups is 1. The SMILES string of the molecule is O=C1N(Cc2ccccc2-c2ccccc2)c2ccccc2C12COc1cc3ccsc3cc12. The van der Waals surface area contributed by atoms with Crippen molar-refractivity contribution < 1.29 is 9.53 Å². The number of hydrogen-bond acceptors (Lipinski definition) is 3. The number of rotatable bonds is 3. The van der Waals surface area contributed by atoms with Crippen LogP contribution in [-0.4, -0.2) is 12.5 Å². The maximum atomic E-state index is 14.3. The van der Waals surface area contributed by atoms with Crippen LogP contribution in [-0.2, 0) is 16.8 Å². The lowest BCUT2D eigenvalue weighted by molar-refractivity contribution is -0.122. The van der Waals surface area contributed by atoms with Gasteiger partial charge in [0.2, 0.25) is 5.91 Å². The predicted octanol–water partition coefficient (Wildman–Crippen LogP) is 6.79. The molecule has 1 unspecified atom stereocenters. The lowest BCUT2D eigenvalue weighted by atomic mass is 9.77. The number of benzene rings is 4. The van der Waals surface area contributed by atoms with Gasteiger partial charge >= 0.3 is 0 Å². The summed E-state index contributed by atoms with van der Waals surface area (Å²) in [6, 6.07) is 33.3. The normalized spacial score (nSPS) is 18.4. The van der Waals surface area contributed by atoms with Gasteiger partial charge in [0.1, 0.15) is 17.8 Å². The van der Waals surface area contributed by atoms with Crippen molar-refractivity contribution in [1.29, 1.82) is 0 Å². The zero-order valence-corrected chi connectivity index (χ0v) is 19.2. The molecule has 164 valence electrons. The van der Waals surface area contributed by atoms with Crippen LogP contribution in [0.4, 0.5) is 5.69 Å². The summed E-state index contributed by atoms with van der Waals surface area (Å²) in [5.41, 5.74) is 5.62. The molecule has 0 aliphatic carbocycles. The number of thiophene rings is 1. The monoisotopic (exact) mass is 459 g/mol. The Balaban J connectivity index is 1.37. The third kappa shape index (κ3) is 2.66. The maximum Gasteiger partial charge on any atom is 0.246 e. The fourth-order valence-electron chi connectivity index (χ4n) is 5.51. The average Bonchev–Trinajstić information content (AvgIpc) is 3.56. The molecule has 0 saturated heterocycles. The second-order valence-electron chi connectivity index (χ2n) is 8.93. The van der Waals surface area contributed by atoms with E-state index in [-0.39, 0.29) is 5.91 Å². The van der Waals surface area contributed by atoms with Gasteiger partial charge in [-0.05, 0) is 57.3 Å². The van der Waals surface area contributed by atoms with Gasteiger partial charge in [-0.25, -0.2) is 0 Å². The first-order valence-electron chi connectivity index (χ1n) is 11.4. The molecule has 0 saturated carbocycles. The lowest BCUT2D eigenvalue weighted by Gasteiger charge is -2.24. The van der Waals surface area contributed by atoms with Crippen LogP contribution in [0.5, 0.6) is 5.75 Å². The molecule has 4 heteroatoms. The molecule has 1 amide bonds. The van der Waals surface area contributed by atoms with Crippen LogP contribution in [0.25, 0.3) is 21.2 Å². The summed E-state index contributed by atoms with van der Waals surface area (Å²) in [7, 11) is 0. The van der Waals surface area contributed by atoms with Crippen LogP contribution < -0.4 is 9.64 Å². The van der Waals surface area contributed by atoms with Gasteiger partial charge in [0, 0.05) is 16.0 Å². The number of nitrogens with zero attached hydrogens (tertiary/aromatic N) is 1. The molecular formula is C30H21NO2S. The van der Waals surface area contributed by atoms with Crippen molar-refractivity contribution in [2.24, 2.45) is 0 Å². The summed E-state index contributed by atoms with van der Waals surface area (Å²) in [5, 5.41) is 3.25. The Kier molecular flexibility index (Phi) is 4.20.